The standard InChI is InChI=1S/C20H32O4/c1-2-3-4-5-6-9-13-18(21)14-10-7-8-11-15-19(22)16-12-17-20(23)24/h6-11,14-15,18-19,21-22H,2-5,12-13,16-17H2,1H3,(H,23,24)/t18-,19-/m1/s1/i6D,9D,11D,15D. The van der Waals surface area contributed by atoms with E-state index in [1.54, 1.807) is 0 Å². The van der Waals surface area contributed by atoms with E-state index in [-0.39, 0.29) is 49.9 Å². The SMILES string of the molecule is [2H]C(C=CC=C[C@H](O)CC([2H])=C([2H])CCCCC)=C([2H])[C@@H](O)CCCC(=O)O. The van der Waals surface area contributed by atoms with Gasteiger partial charge in [-0.2, -0.15) is 0 Å². The van der Waals surface area contributed by atoms with Crippen molar-refractivity contribution in [3.05, 3.63) is 48.5 Å². The molecule has 0 aromatic rings. The molecule has 0 aliphatic rings. The van der Waals surface area contributed by atoms with Crippen molar-refractivity contribution in [2.75, 3.05) is 0 Å². The van der Waals surface area contributed by atoms with E-state index >= 15 is 0 Å². The fraction of sp³-hybridized carbons (Fsp3) is 0.550. The zero-order valence-electron chi connectivity index (χ0n) is 18.4. The second kappa shape index (κ2) is 16.2. The van der Waals surface area contributed by atoms with E-state index in [4.69, 9.17) is 10.6 Å². The topological polar surface area (TPSA) is 77.8 Å². The smallest absolute Gasteiger partial charge is 0.303 e. The van der Waals surface area contributed by atoms with Gasteiger partial charge in [0.05, 0.1) is 17.7 Å². The first-order valence-corrected chi connectivity index (χ1v) is 8.44. The molecular weight excluding hydrogens is 304 g/mol. The Morgan fingerprint density at radius 2 is 1.88 bits per heavy atom. The molecule has 136 valence electrons. The lowest BCUT2D eigenvalue weighted by Gasteiger charge is -2.02. The van der Waals surface area contributed by atoms with Gasteiger partial charge >= 0.3 is 5.97 Å². The lowest BCUT2D eigenvalue weighted by Crippen LogP contribution is -2.03. The number of rotatable bonds is 14. The minimum Gasteiger partial charge on any atom is -0.481 e. The van der Waals surface area contributed by atoms with E-state index in [2.05, 4.69) is 6.92 Å². The molecular formula is C20H32O4. The summed E-state index contributed by atoms with van der Waals surface area (Å²) < 4.78 is 31.1. The van der Waals surface area contributed by atoms with Crippen LogP contribution in [0.1, 0.15) is 63.8 Å². The number of carbonyl (C=O) groups is 1. The van der Waals surface area contributed by atoms with Crippen LogP contribution in [0.25, 0.3) is 0 Å². The molecule has 0 spiro atoms. The Balaban J connectivity index is 4.55. The van der Waals surface area contributed by atoms with Crippen molar-refractivity contribution in [3.8, 4) is 0 Å². The predicted octanol–water partition coefficient (Wildman–Crippen LogP) is 4.16. The minimum atomic E-state index is -1.19. The molecule has 0 aliphatic heterocycles. The summed E-state index contributed by atoms with van der Waals surface area (Å²) in [5.41, 5.74) is 0. The molecule has 0 bridgehead atoms. The molecule has 2 atom stereocenters. The van der Waals surface area contributed by atoms with Crippen LogP contribution in [0.15, 0.2) is 48.5 Å². The van der Waals surface area contributed by atoms with Gasteiger partial charge in [0, 0.05) is 6.42 Å². The van der Waals surface area contributed by atoms with Crippen LogP contribution in [0.5, 0.6) is 0 Å². The third-order valence-electron chi connectivity index (χ3n) is 3.08. The second-order valence-corrected chi connectivity index (χ2v) is 5.42. The molecule has 0 radical (unpaired) electrons. The van der Waals surface area contributed by atoms with Gasteiger partial charge in [0.15, 0.2) is 0 Å². The highest BCUT2D eigenvalue weighted by Gasteiger charge is 2.01. The largest absolute Gasteiger partial charge is 0.481 e. The van der Waals surface area contributed by atoms with Gasteiger partial charge < -0.3 is 15.3 Å². The van der Waals surface area contributed by atoms with Gasteiger partial charge in [-0.1, -0.05) is 68.3 Å². The summed E-state index contributed by atoms with van der Waals surface area (Å²) in [6.07, 6.45) is 7.28. The predicted molar refractivity (Wildman–Crippen MR) is 98.8 cm³/mol. The summed E-state index contributed by atoms with van der Waals surface area (Å²) >= 11 is 0. The summed E-state index contributed by atoms with van der Waals surface area (Å²) in [4.78, 5) is 10.4. The van der Waals surface area contributed by atoms with E-state index in [1.807, 2.05) is 0 Å². The van der Waals surface area contributed by atoms with E-state index < -0.39 is 18.2 Å². The highest BCUT2D eigenvalue weighted by Crippen LogP contribution is 2.03. The average Bonchev–Trinajstić information content (AvgIpc) is 2.63. The van der Waals surface area contributed by atoms with Crippen LogP contribution in [0, 0.1) is 0 Å². The summed E-state index contributed by atoms with van der Waals surface area (Å²) in [7, 11) is 0. The Morgan fingerprint density at radius 1 is 1.08 bits per heavy atom. The molecule has 4 heteroatoms. The molecule has 0 aromatic heterocycles. The molecule has 0 fully saturated rings. The number of hydrogen-bond donors (Lipinski definition) is 3. The van der Waals surface area contributed by atoms with Crippen LogP contribution in [0.2, 0.25) is 0 Å². The molecule has 0 aliphatic carbocycles. The number of aliphatic hydroxyl groups is 2. The normalized spacial score (nSPS) is 19.1. The van der Waals surface area contributed by atoms with Crippen LogP contribution >= 0.6 is 0 Å². The van der Waals surface area contributed by atoms with Crippen LogP contribution in [-0.2, 0) is 4.79 Å². The summed E-state index contributed by atoms with van der Waals surface area (Å²) in [5, 5.41) is 28.2. The molecule has 0 unspecified atom stereocenters. The fourth-order valence-electron chi connectivity index (χ4n) is 1.76. The van der Waals surface area contributed by atoms with Crippen LogP contribution in [0.3, 0.4) is 0 Å². The van der Waals surface area contributed by atoms with Gasteiger partial charge in [0.2, 0.25) is 0 Å². The number of carboxylic acid groups (broad SMARTS) is 1. The molecule has 24 heavy (non-hydrogen) atoms. The zero-order chi connectivity index (χ0) is 21.5. The van der Waals surface area contributed by atoms with Gasteiger partial charge in [-0.25, -0.2) is 0 Å². The van der Waals surface area contributed by atoms with Crippen molar-refractivity contribution in [1.29, 1.82) is 0 Å². The molecule has 0 saturated carbocycles. The molecule has 4 nitrogen and oxygen atoms in total. The summed E-state index contributed by atoms with van der Waals surface area (Å²) in [6.45, 7) is 2.07. The third kappa shape index (κ3) is 16.7. The van der Waals surface area contributed by atoms with Gasteiger partial charge in [0.25, 0.3) is 0 Å². The molecule has 0 aromatic carbocycles. The van der Waals surface area contributed by atoms with Crippen LogP contribution < -0.4 is 0 Å². The third-order valence-corrected chi connectivity index (χ3v) is 3.08. The van der Waals surface area contributed by atoms with Crippen molar-refractivity contribution < 1.29 is 25.6 Å². The number of aliphatic hydroxyl groups excluding tert-OH is 2. The number of carboxylic acids is 1. The molecule has 0 heterocycles. The van der Waals surface area contributed by atoms with Crippen molar-refractivity contribution in [1.82, 2.24) is 0 Å². The molecule has 0 saturated heterocycles. The van der Waals surface area contributed by atoms with Crippen LogP contribution in [0.4, 0.5) is 0 Å². The van der Waals surface area contributed by atoms with Gasteiger partial charge in [-0.15, -0.1) is 0 Å². The van der Waals surface area contributed by atoms with Gasteiger partial charge in [-0.3, -0.25) is 4.79 Å². The number of hydrogen-bond acceptors (Lipinski definition) is 3. The van der Waals surface area contributed by atoms with E-state index in [9.17, 15) is 15.0 Å². The lowest BCUT2D eigenvalue weighted by atomic mass is 10.1. The van der Waals surface area contributed by atoms with Crippen molar-refractivity contribution in [3.63, 3.8) is 0 Å². The minimum absolute atomic E-state index is 0.0465. The fourth-order valence-corrected chi connectivity index (χ4v) is 1.76. The van der Waals surface area contributed by atoms with Gasteiger partial charge in [0.1, 0.15) is 0 Å². The van der Waals surface area contributed by atoms with Crippen molar-refractivity contribution >= 4 is 5.97 Å². The number of allylic oxidation sites excluding steroid dienone is 5. The Kier molecular flexibility index (Phi) is 10.7. The van der Waals surface area contributed by atoms with Crippen LogP contribution in [-0.4, -0.2) is 33.5 Å². The van der Waals surface area contributed by atoms with Crippen molar-refractivity contribution in [2.24, 2.45) is 0 Å². The highest BCUT2D eigenvalue weighted by molar-refractivity contribution is 5.66. The Morgan fingerprint density at radius 3 is 2.58 bits per heavy atom. The summed E-state index contributed by atoms with van der Waals surface area (Å²) in [6, 6.07) is -0.148. The first kappa shape index (κ1) is 15.9. The second-order valence-electron chi connectivity index (χ2n) is 5.42. The number of aliphatic carboxylic acids is 1. The number of unbranched alkanes of at least 4 members (excludes halogenated alkanes) is 2. The maximum atomic E-state index is 10.4. The lowest BCUT2D eigenvalue weighted by molar-refractivity contribution is -0.137. The Bertz CT molecular complexity index is 597. The Hall–Kier alpha value is -1.65. The zero-order valence-corrected chi connectivity index (χ0v) is 14.4. The Labute approximate surface area is 151 Å². The maximum absolute atomic E-state index is 10.4. The van der Waals surface area contributed by atoms with Gasteiger partial charge in [-0.05, 0) is 32.1 Å². The summed E-state index contributed by atoms with van der Waals surface area (Å²) in [5.74, 6) is -0.971. The quantitative estimate of drug-likeness (QED) is 0.252. The molecule has 0 rings (SSSR count). The monoisotopic (exact) mass is 340 g/mol. The molecule has 3 N–H and O–H groups in total. The molecule has 0 amide bonds. The first-order valence-electron chi connectivity index (χ1n) is 10.4. The van der Waals surface area contributed by atoms with Crippen molar-refractivity contribution in [2.45, 2.75) is 70.5 Å². The highest BCUT2D eigenvalue weighted by atomic mass is 16.4. The van der Waals surface area contributed by atoms with E-state index in [0.717, 1.165) is 19.3 Å². The van der Waals surface area contributed by atoms with E-state index in [1.165, 1.54) is 24.3 Å². The first-order chi connectivity index (χ1) is 13.2. The average molecular weight is 340 g/mol. The van der Waals surface area contributed by atoms with E-state index in [0.29, 0.717) is 6.42 Å². The maximum Gasteiger partial charge on any atom is 0.303 e.